The number of hydrogen-bond acceptors (Lipinski definition) is 6. The Balaban J connectivity index is 0.000000221. The molecular formula is C22H29N5O2. The van der Waals surface area contributed by atoms with Crippen LogP contribution in [0.3, 0.4) is 0 Å². The number of nitrogens with zero attached hydrogens (tertiary/aromatic N) is 3. The number of nitrogens with one attached hydrogen (secondary N) is 1. The number of nitrogens with two attached hydrogens (primary N) is 1. The standard InChI is InChI=1S/C12H18N4O.C10H11NO/c13-12(17)10-16-7-5-15(6-8-16)9-11-3-1-2-4-14-11;1-2-4-8-5-3-6-9(7-11)10(8)12/h1-4H,5-10H2,(H2,13,17);2-3,5-7,11-12H,1,4H2. The normalized spacial score (nSPS) is 14.5. The number of pyridine rings is 1. The van der Waals surface area contributed by atoms with Crippen molar-refractivity contribution in [2.24, 2.45) is 5.73 Å². The van der Waals surface area contributed by atoms with Crippen LogP contribution in [-0.4, -0.2) is 64.7 Å². The summed E-state index contributed by atoms with van der Waals surface area (Å²) in [5, 5.41) is 16.5. The van der Waals surface area contributed by atoms with E-state index in [1.54, 1.807) is 12.1 Å². The van der Waals surface area contributed by atoms with Gasteiger partial charge in [-0.1, -0.05) is 24.3 Å². The second kappa shape index (κ2) is 11.7. The topological polar surface area (TPSA) is 107 Å². The summed E-state index contributed by atoms with van der Waals surface area (Å²) in [6.45, 7) is 8.56. The smallest absolute Gasteiger partial charge is 0.231 e. The highest BCUT2D eigenvalue weighted by Crippen LogP contribution is 2.21. The molecule has 7 heteroatoms. The van der Waals surface area contributed by atoms with Crippen molar-refractivity contribution in [3.63, 3.8) is 0 Å². The van der Waals surface area contributed by atoms with Crippen LogP contribution in [0.2, 0.25) is 0 Å². The molecule has 2 aromatic rings. The molecular weight excluding hydrogens is 366 g/mol. The van der Waals surface area contributed by atoms with Gasteiger partial charge in [-0.05, 0) is 30.2 Å². The van der Waals surface area contributed by atoms with Crippen LogP contribution in [0.25, 0.3) is 0 Å². The summed E-state index contributed by atoms with van der Waals surface area (Å²) in [4.78, 5) is 19.5. The van der Waals surface area contributed by atoms with Gasteiger partial charge in [0.1, 0.15) is 5.75 Å². The average Bonchev–Trinajstić information content (AvgIpc) is 2.72. The Bertz CT molecular complexity index is 802. The lowest BCUT2D eigenvalue weighted by Crippen LogP contribution is -2.48. The number of phenolic OH excluding ortho intramolecular Hbond substituents is 1. The largest absolute Gasteiger partial charge is 0.507 e. The highest BCUT2D eigenvalue weighted by molar-refractivity contribution is 5.81. The summed E-state index contributed by atoms with van der Waals surface area (Å²) in [5.74, 6) is -0.0597. The molecule has 1 amide bonds. The molecule has 4 N–H and O–H groups in total. The summed E-state index contributed by atoms with van der Waals surface area (Å²) >= 11 is 0. The molecule has 0 unspecified atom stereocenters. The highest BCUT2D eigenvalue weighted by atomic mass is 16.3. The van der Waals surface area contributed by atoms with Crippen molar-refractivity contribution >= 4 is 12.1 Å². The number of primary amides is 1. The van der Waals surface area contributed by atoms with Gasteiger partial charge < -0.3 is 16.2 Å². The Morgan fingerprint density at radius 1 is 1.17 bits per heavy atom. The molecule has 0 bridgehead atoms. The van der Waals surface area contributed by atoms with E-state index in [0.29, 0.717) is 18.5 Å². The Kier molecular flexibility index (Phi) is 9.01. The SMILES string of the molecule is C=CCc1cccc(C=N)c1O.NC(=O)CN1CCN(Cc2ccccn2)CC1. The fourth-order valence-electron chi connectivity index (χ4n) is 3.09. The van der Waals surface area contributed by atoms with Crippen LogP contribution >= 0.6 is 0 Å². The third kappa shape index (κ3) is 7.48. The molecule has 1 aromatic carbocycles. The second-order valence-corrected chi connectivity index (χ2v) is 6.83. The third-order valence-electron chi connectivity index (χ3n) is 4.63. The maximum absolute atomic E-state index is 10.8. The van der Waals surface area contributed by atoms with Crippen LogP contribution < -0.4 is 5.73 Å². The van der Waals surface area contributed by atoms with E-state index in [1.807, 2.05) is 36.5 Å². The molecule has 1 aliphatic heterocycles. The van der Waals surface area contributed by atoms with Crippen LogP contribution in [0.1, 0.15) is 16.8 Å². The predicted molar refractivity (Wildman–Crippen MR) is 115 cm³/mol. The van der Waals surface area contributed by atoms with Gasteiger partial charge in [-0.3, -0.25) is 19.6 Å². The molecule has 1 saturated heterocycles. The first-order chi connectivity index (χ1) is 14.0. The average molecular weight is 396 g/mol. The number of aromatic nitrogens is 1. The van der Waals surface area contributed by atoms with Gasteiger partial charge in [0, 0.05) is 50.7 Å². The van der Waals surface area contributed by atoms with Gasteiger partial charge in [0.25, 0.3) is 0 Å². The molecule has 154 valence electrons. The Hall–Kier alpha value is -3.03. The lowest BCUT2D eigenvalue weighted by atomic mass is 10.1. The minimum Gasteiger partial charge on any atom is -0.507 e. The molecule has 2 heterocycles. The van der Waals surface area contributed by atoms with Gasteiger partial charge >= 0.3 is 0 Å². The molecule has 1 fully saturated rings. The van der Waals surface area contributed by atoms with Gasteiger partial charge in [0.2, 0.25) is 5.91 Å². The zero-order valence-electron chi connectivity index (χ0n) is 16.6. The number of carbonyl (C=O) groups is 1. The number of para-hydroxylation sites is 1. The molecule has 3 rings (SSSR count). The zero-order chi connectivity index (χ0) is 21.1. The van der Waals surface area contributed by atoms with Crippen LogP contribution in [0.5, 0.6) is 5.75 Å². The number of rotatable bonds is 7. The molecule has 0 aliphatic carbocycles. The van der Waals surface area contributed by atoms with Crippen molar-refractivity contribution in [3.8, 4) is 5.75 Å². The van der Waals surface area contributed by atoms with E-state index in [1.165, 1.54) is 0 Å². The van der Waals surface area contributed by atoms with Crippen molar-refractivity contribution in [3.05, 3.63) is 72.1 Å². The molecule has 0 radical (unpaired) electrons. The lowest BCUT2D eigenvalue weighted by Gasteiger charge is -2.33. The summed E-state index contributed by atoms with van der Waals surface area (Å²) in [7, 11) is 0. The van der Waals surface area contributed by atoms with Crippen molar-refractivity contribution in [1.82, 2.24) is 14.8 Å². The number of benzene rings is 1. The molecule has 29 heavy (non-hydrogen) atoms. The summed E-state index contributed by atoms with van der Waals surface area (Å²) in [5.41, 5.74) is 7.63. The molecule has 1 aromatic heterocycles. The summed E-state index contributed by atoms with van der Waals surface area (Å²) in [6, 6.07) is 11.3. The summed E-state index contributed by atoms with van der Waals surface area (Å²) < 4.78 is 0. The predicted octanol–water partition coefficient (Wildman–Crippen LogP) is 1.80. The first-order valence-corrected chi connectivity index (χ1v) is 9.58. The fraction of sp³-hybridized carbons (Fsp3) is 0.318. The number of piperazine rings is 1. The van der Waals surface area contributed by atoms with Gasteiger partial charge in [-0.25, -0.2) is 0 Å². The molecule has 0 spiro atoms. The van der Waals surface area contributed by atoms with Crippen molar-refractivity contribution in [2.75, 3.05) is 32.7 Å². The highest BCUT2D eigenvalue weighted by Gasteiger charge is 2.18. The quantitative estimate of drug-likeness (QED) is 0.490. The van der Waals surface area contributed by atoms with Crippen LogP contribution in [0.15, 0.2) is 55.3 Å². The van der Waals surface area contributed by atoms with Gasteiger partial charge in [0.05, 0.1) is 12.2 Å². The van der Waals surface area contributed by atoms with E-state index in [4.69, 9.17) is 11.1 Å². The van der Waals surface area contributed by atoms with Crippen LogP contribution in [-0.2, 0) is 17.8 Å². The van der Waals surface area contributed by atoms with E-state index in [-0.39, 0.29) is 11.7 Å². The van der Waals surface area contributed by atoms with Crippen LogP contribution in [0.4, 0.5) is 0 Å². The van der Waals surface area contributed by atoms with Gasteiger partial charge in [-0.15, -0.1) is 6.58 Å². The first kappa shape index (κ1) is 22.3. The maximum atomic E-state index is 10.8. The van der Waals surface area contributed by atoms with E-state index >= 15 is 0 Å². The van der Waals surface area contributed by atoms with E-state index in [9.17, 15) is 9.90 Å². The molecule has 1 aliphatic rings. The number of amides is 1. The van der Waals surface area contributed by atoms with Gasteiger partial charge in [-0.2, -0.15) is 0 Å². The van der Waals surface area contributed by atoms with Gasteiger partial charge in [0.15, 0.2) is 0 Å². The number of phenols is 1. The minimum atomic E-state index is -0.247. The summed E-state index contributed by atoms with van der Waals surface area (Å²) in [6.07, 6.45) is 5.32. The first-order valence-electron chi connectivity index (χ1n) is 9.58. The van der Waals surface area contributed by atoms with Crippen LogP contribution in [0, 0.1) is 5.41 Å². The number of allylic oxidation sites excluding steroid dienone is 1. The Morgan fingerprint density at radius 3 is 2.48 bits per heavy atom. The van der Waals surface area contributed by atoms with Crippen molar-refractivity contribution < 1.29 is 9.90 Å². The maximum Gasteiger partial charge on any atom is 0.231 e. The third-order valence-corrected chi connectivity index (χ3v) is 4.63. The van der Waals surface area contributed by atoms with Crippen molar-refractivity contribution in [2.45, 2.75) is 13.0 Å². The number of carbonyl (C=O) groups excluding carboxylic acids is 1. The second-order valence-electron chi connectivity index (χ2n) is 6.83. The van der Waals surface area contributed by atoms with Crippen molar-refractivity contribution in [1.29, 1.82) is 5.41 Å². The lowest BCUT2D eigenvalue weighted by molar-refractivity contribution is -0.119. The fourth-order valence-corrected chi connectivity index (χ4v) is 3.09. The Labute approximate surface area is 172 Å². The molecule has 0 atom stereocenters. The monoisotopic (exact) mass is 395 g/mol. The Morgan fingerprint density at radius 2 is 1.90 bits per heavy atom. The zero-order valence-corrected chi connectivity index (χ0v) is 16.6. The number of aromatic hydroxyl groups is 1. The molecule has 0 saturated carbocycles. The molecule has 7 nitrogen and oxygen atoms in total. The minimum absolute atomic E-state index is 0.187. The number of hydrogen-bond donors (Lipinski definition) is 3. The van der Waals surface area contributed by atoms with E-state index in [0.717, 1.165) is 50.2 Å². The van der Waals surface area contributed by atoms with E-state index in [2.05, 4.69) is 21.4 Å². The van der Waals surface area contributed by atoms with E-state index < -0.39 is 0 Å².